The van der Waals surface area contributed by atoms with Crippen LogP contribution in [0.15, 0.2) is 70.9 Å². The summed E-state index contributed by atoms with van der Waals surface area (Å²) in [6, 6.07) is 16.3. The number of hydrogen-bond donors (Lipinski definition) is 0. The van der Waals surface area contributed by atoms with E-state index in [9.17, 15) is 26.3 Å². The molecule has 333 valence electrons. The molecule has 0 N–H and O–H groups in total. The molecule has 0 fully saturated rings. The third kappa shape index (κ3) is 16.1. The first-order valence-electron chi connectivity index (χ1n) is 16.3. The molecule has 0 bridgehead atoms. The Morgan fingerprint density at radius 2 is 0.780 bits per heavy atom. The van der Waals surface area contributed by atoms with E-state index >= 15 is 0 Å². The molecule has 0 aliphatic heterocycles. The molecule has 4 rings (SSSR count). The zero-order chi connectivity index (χ0) is 45.1. The van der Waals surface area contributed by atoms with Gasteiger partial charge in [-0.2, -0.15) is 26.3 Å². The smallest absolute Gasteiger partial charge is 0.741 e. The second kappa shape index (κ2) is 22.1. The number of pyridine rings is 2. The SMILES string of the molecule is CN(C)C(=Nc1cccc2c(N(C)C)ccnc12)N(C)C.CN(C)C(=Nc1cccc2c(N(C)C)ccnc12)N(C)C.O=S(=O)([O-])C(F)(F)F.O=S(=O)([O-])C(F)(F)F.[Cu+2]. The zero-order valence-electron chi connectivity index (χ0n) is 34.1. The number of fused-ring (bicyclic) bond motifs is 2. The van der Waals surface area contributed by atoms with Gasteiger partial charge in [-0.3, -0.25) is 9.97 Å². The normalized spacial score (nSPS) is 11.2. The van der Waals surface area contributed by atoms with E-state index in [2.05, 4.69) is 31.9 Å². The maximum atomic E-state index is 10.7. The number of anilines is 2. The van der Waals surface area contributed by atoms with Gasteiger partial charge in [0.2, 0.25) is 11.9 Å². The van der Waals surface area contributed by atoms with Gasteiger partial charge < -0.3 is 38.5 Å². The van der Waals surface area contributed by atoms with Crippen molar-refractivity contribution in [3.8, 4) is 0 Å². The number of halogens is 6. The maximum Gasteiger partial charge on any atom is 2.00 e. The molecule has 0 amide bonds. The van der Waals surface area contributed by atoms with Crippen LogP contribution in [0.1, 0.15) is 0 Å². The molecule has 0 unspecified atom stereocenters. The summed E-state index contributed by atoms with van der Waals surface area (Å²) in [5.74, 6) is 1.78. The van der Waals surface area contributed by atoms with Crippen LogP contribution < -0.4 is 9.80 Å². The third-order valence-electron chi connectivity index (χ3n) is 7.02. The minimum absolute atomic E-state index is 0. The summed E-state index contributed by atoms with van der Waals surface area (Å²) in [5, 5.41) is 2.22. The van der Waals surface area contributed by atoms with Crippen molar-refractivity contribution < 1.29 is 69.4 Å². The van der Waals surface area contributed by atoms with Crippen molar-refractivity contribution >= 4 is 76.7 Å². The molecule has 0 saturated heterocycles. The first kappa shape index (κ1) is 54.3. The average Bonchev–Trinajstić information content (AvgIpc) is 3.07. The summed E-state index contributed by atoms with van der Waals surface area (Å²) < 4.78 is 118. The van der Waals surface area contributed by atoms with Gasteiger partial charge in [-0.25, -0.2) is 26.8 Å². The Balaban J connectivity index is 0.000000831. The van der Waals surface area contributed by atoms with Gasteiger partial charge in [0.1, 0.15) is 0 Å². The predicted molar refractivity (Wildman–Crippen MR) is 213 cm³/mol. The standard InChI is InChI=1S/2C16H23N5.2CHF3O3S.Cu/c2*1-19(2)14-10-11-17-15-12(14)8-7-9-13(15)18-16(20(3)4)21(5)6;2*2-1(3,4)8(5,6)7;/h2*7-11H,1-6H3;2*(H,5,6,7);/q;;;;+2/p-2. The molecule has 2 heterocycles. The summed E-state index contributed by atoms with van der Waals surface area (Å²) >= 11 is 0. The number of hydrogen-bond acceptors (Lipinski definition) is 12. The van der Waals surface area contributed by atoms with Gasteiger partial charge in [0.25, 0.3) is 0 Å². The van der Waals surface area contributed by atoms with Gasteiger partial charge >= 0.3 is 28.1 Å². The van der Waals surface area contributed by atoms with E-state index in [1.54, 1.807) is 0 Å². The van der Waals surface area contributed by atoms with Gasteiger partial charge in [-0.15, -0.1) is 0 Å². The fraction of sp³-hybridized carbons (Fsp3) is 0.412. The Morgan fingerprint density at radius 1 is 0.525 bits per heavy atom. The Labute approximate surface area is 350 Å². The van der Waals surface area contributed by atoms with Crippen LogP contribution in [-0.4, -0.2) is 163 Å². The number of aliphatic imine (C=N–C) groups is 2. The quantitative estimate of drug-likeness (QED) is 0.0671. The maximum absolute atomic E-state index is 10.7. The van der Waals surface area contributed by atoms with Crippen LogP contribution in [0.3, 0.4) is 0 Å². The van der Waals surface area contributed by atoms with E-state index < -0.39 is 31.3 Å². The largest absolute Gasteiger partial charge is 2.00 e. The van der Waals surface area contributed by atoms with Crippen LogP contribution in [0.2, 0.25) is 0 Å². The number of aromatic nitrogens is 2. The Bertz CT molecular complexity index is 2090. The molecule has 0 atom stereocenters. The minimum atomic E-state index is -6.09. The van der Waals surface area contributed by atoms with Crippen molar-refractivity contribution in [3.63, 3.8) is 0 Å². The van der Waals surface area contributed by atoms with Crippen LogP contribution in [0.5, 0.6) is 0 Å². The van der Waals surface area contributed by atoms with Gasteiger partial charge in [0.05, 0.1) is 22.4 Å². The summed E-state index contributed by atoms with van der Waals surface area (Å²) in [6.45, 7) is 0. The molecule has 4 aromatic rings. The van der Waals surface area contributed by atoms with Crippen molar-refractivity contribution in [2.24, 2.45) is 9.98 Å². The number of alkyl halides is 6. The van der Waals surface area contributed by atoms with Crippen LogP contribution in [0.4, 0.5) is 49.1 Å². The molecule has 0 spiro atoms. The van der Waals surface area contributed by atoms with Crippen molar-refractivity contribution in [3.05, 3.63) is 60.9 Å². The van der Waals surface area contributed by atoms with Crippen molar-refractivity contribution in [1.29, 1.82) is 0 Å². The molecule has 2 aromatic carbocycles. The van der Waals surface area contributed by atoms with Gasteiger partial charge in [-0.1, -0.05) is 24.3 Å². The van der Waals surface area contributed by atoms with Crippen molar-refractivity contribution in [1.82, 2.24) is 29.6 Å². The molecule has 2 aromatic heterocycles. The van der Waals surface area contributed by atoms with Crippen molar-refractivity contribution in [2.75, 3.05) is 94.4 Å². The number of para-hydroxylation sites is 2. The average molecular weight is 932 g/mol. The second-order valence-corrected chi connectivity index (χ2v) is 15.7. The van der Waals surface area contributed by atoms with E-state index in [-0.39, 0.29) is 17.1 Å². The van der Waals surface area contributed by atoms with E-state index in [4.69, 9.17) is 35.9 Å². The number of benzene rings is 2. The Morgan fingerprint density at radius 3 is 0.983 bits per heavy atom. The zero-order valence-corrected chi connectivity index (χ0v) is 36.7. The minimum Gasteiger partial charge on any atom is -0.741 e. The topological polar surface area (TPSA) is 184 Å². The van der Waals surface area contributed by atoms with Crippen molar-refractivity contribution in [2.45, 2.75) is 11.0 Å². The summed E-state index contributed by atoms with van der Waals surface area (Å²) in [5.41, 5.74) is -5.39. The van der Waals surface area contributed by atoms with E-state index in [0.717, 1.165) is 56.5 Å². The molecular weight excluding hydrogens is 886 g/mol. The number of nitrogens with zero attached hydrogens (tertiary/aromatic N) is 10. The Kier molecular flexibility index (Phi) is 20.3. The summed E-state index contributed by atoms with van der Waals surface area (Å²) in [6.07, 6.45) is 3.67. The third-order valence-corrected chi connectivity index (χ3v) is 8.16. The van der Waals surface area contributed by atoms with E-state index in [0.29, 0.717) is 0 Å². The first-order chi connectivity index (χ1) is 26.3. The molecule has 1 radical (unpaired) electrons. The summed E-state index contributed by atoms with van der Waals surface area (Å²) in [7, 11) is 11.9. The molecule has 0 saturated carbocycles. The van der Waals surface area contributed by atoms with Crippen LogP contribution in [-0.2, 0) is 37.3 Å². The molecular formula is C34H46CuF6N10O6S2. The molecule has 59 heavy (non-hydrogen) atoms. The number of rotatable bonds is 4. The van der Waals surface area contributed by atoms with Crippen LogP contribution in [0, 0.1) is 0 Å². The van der Waals surface area contributed by atoms with E-state index in [1.807, 2.05) is 153 Å². The molecule has 16 nitrogen and oxygen atoms in total. The van der Waals surface area contributed by atoms with Crippen LogP contribution >= 0.6 is 0 Å². The number of guanidine groups is 2. The van der Waals surface area contributed by atoms with Gasteiger partial charge in [-0.05, 0) is 24.3 Å². The van der Waals surface area contributed by atoms with E-state index in [1.165, 1.54) is 0 Å². The fourth-order valence-electron chi connectivity index (χ4n) is 4.67. The Hall–Kier alpha value is -4.68. The first-order valence-corrected chi connectivity index (χ1v) is 19.2. The van der Waals surface area contributed by atoms with Crippen LogP contribution in [0.25, 0.3) is 21.8 Å². The monoisotopic (exact) mass is 931 g/mol. The molecule has 25 heteroatoms. The van der Waals surface area contributed by atoms with Gasteiger partial charge in [0.15, 0.2) is 20.2 Å². The summed E-state index contributed by atoms with van der Waals surface area (Å²) in [4.78, 5) is 30.8. The molecule has 0 aliphatic carbocycles. The fourth-order valence-corrected chi connectivity index (χ4v) is 4.67. The second-order valence-electron chi connectivity index (χ2n) is 13.0. The van der Waals surface area contributed by atoms with Gasteiger partial charge in [0, 0.05) is 119 Å². The molecule has 0 aliphatic rings. The predicted octanol–water partition coefficient (Wildman–Crippen LogP) is 4.92.